The van der Waals surface area contributed by atoms with Crippen LogP contribution < -0.4 is 5.84 Å². The van der Waals surface area contributed by atoms with Crippen LogP contribution in [0, 0.1) is 0 Å². The fourth-order valence-corrected chi connectivity index (χ4v) is 0.386. The molecule has 0 atom stereocenters. The number of nitrogens with two attached hydrogens (primary N) is 1. The Labute approximate surface area is 45.7 Å². The van der Waals surface area contributed by atoms with Crippen LogP contribution in [0.4, 0.5) is 0 Å². The van der Waals surface area contributed by atoms with E-state index >= 15 is 0 Å². The van der Waals surface area contributed by atoms with E-state index in [-0.39, 0.29) is 6.61 Å². The molecule has 0 aliphatic rings. The largest absolute Gasteiger partial charge is 0.390 e. The van der Waals surface area contributed by atoms with E-state index in [2.05, 4.69) is 10.3 Å². The number of hydrogen-bond acceptors (Lipinski definition) is 4. The molecule has 0 bridgehead atoms. The molecule has 1 rings (SSSR count). The molecule has 0 aliphatic heterocycles. The summed E-state index contributed by atoms with van der Waals surface area (Å²) >= 11 is 0. The van der Waals surface area contributed by atoms with Crippen molar-refractivity contribution in [1.82, 2.24) is 15.1 Å². The highest BCUT2D eigenvalue weighted by molar-refractivity contribution is 4.88. The minimum absolute atomic E-state index is 0.114. The Balaban J connectivity index is 2.84. The zero-order valence-corrected chi connectivity index (χ0v) is 4.15. The SMILES string of the molecule is Nn1cc(CO)nn1. The summed E-state index contributed by atoms with van der Waals surface area (Å²) in [6.07, 6.45) is 1.44. The monoisotopic (exact) mass is 114 g/mol. The summed E-state index contributed by atoms with van der Waals surface area (Å²) in [7, 11) is 0. The second kappa shape index (κ2) is 1.79. The van der Waals surface area contributed by atoms with Crippen LogP contribution in [0.5, 0.6) is 0 Å². The summed E-state index contributed by atoms with van der Waals surface area (Å²) in [4.78, 5) is 1.05. The quantitative estimate of drug-likeness (QED) is 0.435. The van der Waals surface area contributed by atoms with Crippen LogP contribution in [0.15, 0.2) is 6.20 Å². The number of aromatic nitrogens is 3. The van der Waals surface area contributed by atoms with Crippen LogP contribution in [0.2, 0.25) is 0 Å². The maximum absolute atomic E-state index is 8.38. The molecule has 0 saturated heterocycles. The Bertz CT molecular complexity index is 172. The van der Waals surface area contributed by atoms with Gasteiger partial charge in [0.05, 0.1) is 12.8 Å². The van der Waals surface area contributed by atoms with Crippen molar-refractivity contribution >= 4 is 0 Å². The van der Waals surface area contributed by atoms with Gasteiger partial charge in [-0.15, -0.1) is 5.10 Å². The number of aliphatic hydroxyl groups is 1. The minimum atomic E-state index is -0.114. The number of nitrogen functional groups attached to an aromatic ring is 1. The van der Waals surface area contributed by atoms with Gasteiger partial charge in [0, 0.05) is 0 Å². The molecule has 0 aromatic carbocycles. The first-order valence-corrected chi connectivity index (χ1v) is 2.10. The Morgan fingerprint density at radius 2 is 2.62 bits per heavy atom. The number of hydrogen-bond donors (Lipinski definition) is 2. The van der Waals surface area contributed by atoms with E-state index in [1.165, 1.54) is 6.20 Å². The van der Waals surface area contributed by atoms with Crippen LogP contribution in [0.3, 0.4) is 0 Å². The molecule has 44 valence electrons. The fraction of sp³-hybridized carbons (Fsp3) is 0.333. The van der Waals surface area contributed by atoms with E-state index in [0.29, 0.717) is 5.69 Å². The van der Waals surface area contributed by atoms with Crippen LogP contribution in [-0.2, 0) is 6.61 Å². The van der Waals surface area contributed by atoms with E-state index in [1.54, 1.807) is 0 Å². The highest BCUT2D eigenvalue weighted by Crippen LogP contribution is 1.85. The van der Waals surface area contributed by atoms with Crippen molar-refractivity contribution < 1.29 is 5.11 Å². The molecule has 0 spiro atoms. The third-order valence-corrected chi connectivity index (χ3v) is 0.720. The minimum Gasteiger partial charge on any atom is -0.390 e. The predicted octanol–water partition coefficient (Wildman–Crippen LogP) is -1.52. The van der Waals surface area contributed by atoms with Crippen molar-refractivity contribution in [3.05, 3.63) is 11.9 Å². The van der Waals surface area contributed by atoms with Gasteiger partial charge in [-0.1, -0.05) is 0 Å². The van der Waals surface area contributed by atoms with Crippen molar-refractivity contribution in [2.45, 2.75) is 6.61 Å². The maximum Gasteiger partial charge on any atom is 0.110 e. The average molecular weight is 114 g/mol. The number of nitrogens with zero attached hydrogens (tertiary/aromatic N) is 3. The van der Waals surface area contributed by atoms with Gasteiger partial charge in [-0.2, -0.15) is 4.79 Å². The first kappa shape index (κ1) is 5.04. The molecule has 0 radical (unpaired) electrons. The molecule has 0 aliphatic carbocycles. The molecule has 5 heteroatoms. The average Bonchev–Trinajstić information content (AvgIpc) is 2.14. The normalized spacial score (nSPS) is 9.62. The summed E-state index contributed by atoms with van der Waals surface area (Å²) in [6.45, 7) is -0.114. The van der Waals surface area contributed by atoms with Gasteiger partial charge in [-0.05, 0) is 5.21 Å². The Morgan fingerprint density at radius 3 is 2.88 bits per heavy atom. The first-order valence-electron chi connectivity index (χ1n) is 2.10. The number of rotatable bonds is 1. The highest BCUT2D eigenvalue weighted by Gasteiger charge is 1.91. The van der Waals surface area contributed by atoms with E-state index in [4.69, 9.17) is 10.9 Å². The number of aliphatic hydroxyl groups excluding tert-OH is 1. The van der Waals surface area contributed by atoms with Crippen LogP contribution >= 0.6 is 0 Å². The lowest BCUT2D eigenvalue weighted by atomic mass is 10.5. The third kappa shape index (κ3) is 0.760. The van der Waals surface area contributed by atoms with Crippen molar-refractivity contribution in [2.24, 2.45) is 0 Å². The summed E-state index contributed by atoms with van der Waals surface area (Å²) in [5, 5.41) is 15.2. The summed E-state index contributed by atoms with van der Waals surface area (Å²) in [5.41, 5.74) is 0.479. The molecule has 8 heavy (non-hydrogen) atoms. The summed E-state index contributed by atoms with van der Waals surface area (Å²) in [6, 6.07) is 0. The summed E-state index contributed by atoms with van der Waals surface area (Å²) < 4.78 is 0. The van der Waals surface area contributed by atoms with Gasteiger partial charge >= 0.3 is 0 Å². The zero-order valence-electron chi connectivity index (χ0n) is 4.15. The molecule has 0 fully saturated rings. The highest BCUT2D eigenvalue weighted by atomic mass is 16.3. The molecular weight excluding hydrogens is 108 g/mol. The molecule has 1 aromatic heterocycles. The van der Waals surface area contributed by atoms with Crippen molar-refractivity contribution in [3.63, 3.8) is 0 Å². The summed E-state index contributed by atoms with van der Waals surface area (Å²) in [5.74, 6) is 5.09. The van der Waals surface area contributed by atoms with Crippen LogP contribution in [0.25, 0.3) is 0 Å². The van der Waals surface area contributed by atoms with E-state index in [0.717, 1.165) is 4.79 Å². The van der Waals surface area contributed by atoms with Crippen molar-refractivity contribution in [2.75, 3.05) is 5.84 Å². The van der Waals surface area contributed by atoms with E-state index in [1.807, 2.05) is 0 Å². The lowest BCUT2D eigenvalue weighted by molar-refractivity contribution is 0.276. The predicted molar refractivity (Wildman–Crippen MR) is 26.1 cm³/mol. The molecule has 0 amide bonds. The second-order valence-corrected chi connectivity index (χ2v) is 1.35. The molecule has 1 aromatic rings. The zero-order chi connectivity index (χ0) is 5.98. The Hall–Kier alpha value is -1.10. The Morgan fingerprint density at radius 1 is 1.88 bits per heavy atom. The lowest BCUT2D eigenvalue weighted by Crippen LogP contribution is -2.07. The topological polar surface area (TPSA) is 77.0 Å². The van der Waals surface area contributed by atoms with E-state index in [9.17, 15) is 0 Å². The molecule has 3 N–H and O–H groups in total. The Kier molecular flexibility index (Phi) is 1.13. The molecule has 1 heterocycles. The molecule has 0 unspecified atom stereocenters. The molecular formula is C3H6N4O. The second-order valence-electron chi connectivity index (χ2n) is 1.35. The standard InChI is InChI=1S/C3H6N4O/c4-7-1-3(2-8)5-6-7/h1,8H,2,4H2. The van der Waals surface area contributed by atoms with Crippen LogP contribution in [0.1, 0.15) is 5.69 Å². The first-order chi connectivity index (χ1) is 3.83. The van der Waals surface area contributed by atoms with Crippen molar-refractivity contribution in [1.29, 1.82) is 0 Å². The third-order valence-electron chi connectivity index (χ3n) is 0.720. The van der Waals surface area contributed by atoms with Crippen LogP contribution in [-0.4, -0.2) is 20.2 Å². The maximum atomic E-state index is 8.38. The van der Waals surface area contributed by atoms with Gasteiger partial charge in [0.2, 0.25) is 0 Å². The van der Waals surface area contributed by atoms with Gasteiger partial charge in [0.15, 0.2) is 0 Å². The lowest BCUT2D eigenvalue weighted by Gasteiger charge is -1.79. The van der Waals surface area contributed by atoms with Gasteiger partial charge < -0.3 is 10.9 Å². The van der Waals surface area contributed by atoms with Gasteiger partial charge in [-0.25, -0.2) is 0 Å². The smallest absolute Gasteiger partial charge is 0.110 e. The fourth-order valence-electron chi connectivity index (χ4n) is 0.386. The van der Waals surface area contributed by atoms with Crippen molar-refractivity contribution in [3.8, 4) is 0 Å². The van der Waals surface area contributed by atoms with Gasteiger partial charge in [0.1, 0.15) is 5.69 Å². The molecule has 5 nitrogen and oxygen atoms in total. The van der Waals surface area contributed by atoms with Gasteiger partial charge in [0.25, 0.3) is 0 Å². The molecule has 0 saturated carbocycles. The van der Waals surface area contributed by atoms with Gasteiger partial charge in [-0.3, -0.25) is 0 Å². The van der Waals surface area contributed by atoms with E-state index < -0.39 is 0 Å².